The topological polar surface area (TPSA) is 113 Å². The van der Waals surface area contributed by atoms with Gasteiger partial charge in [0.1, 0.15) is 11.6 Å². The maximum atomic E-state index is 13.3. The number of hydrogen-bond donors (Lipinski definition) is 3. The van der Waals surface area contributed by atoms with E-state index >= 15 is 0 Å². The van der Waals surface area contributed by atoms with Crippen molar-refractivity contribution >= 4 is 17.5 Å². The van der Waals surface area contributed by atoms with Crippen molar-refractivity contribution in [3.8, 4) is 0 Å². The number of carbonyl (C=O) groups excluding carboxylic acids is 1. The predicted octanol–water partition coefficient (Wildman–Crippen LogP) is 2.89. The number of carbonyl (C=O) groups is 1. The lowest BCUT2D eigenvalue weighted by molar-refractivity contribution is -0.139. The molecule has 2 fully saturated rings. The minimum atomic E-state index is -0.712. The van der Waals surface area contributed by atoms with Crippen LogP contribution in [-0.2, 0) is 4.79 Å². The van der Waals surface area contributed by atoms with E-state index in [0.717, 1.165) is 56.5 Å². The fourth-order valence-corrected chi connectivity index (χ4v) is 4.44. The zero-order valence-electron chi connectivity index (χ0n) is 16.7. The molecule has 0 spiro atoms. The normalized spacial score (nSPS) is 21.7. The first kappa shape index (κ1) is 18.9. The van der Waals surface area contributed by atoms with Crippen molar-refractivity contribution in [3.05, 3.63) is 29.3 Å². The van der Waals surface area contributed by atoms with E-state index in [9.17, 15) is 4.79 Å². The number of likely N-dealkylation sites (tertiary alicyclic amines) is 1. The zero-order valence-corrected chi connectivity index (χ0v) is 16.7. The molecular formula is C20H29N7O. The van der Waals surface area contributed by atoms with Crippen LogP contribution in [0.5, 0.6) is 0 Å². The van der Waals surface area contributed by atoms with E-state index in [2.05, 4.69) is 25.5 Å². The lowest BCUT2D eigenvalue weighted by Gasteiger charge is -2.37. The molecule has 2 aromatic heterocycles. The number of aryl methyl sites for hydroxylation is 2. The molecule has 1 atom stereocenters. The first-order valence-corrected chi connectivity index (χ1v) is 10.2. The molecule has 8 heteroatoms. The van der Waals surface area contributed by atoms with Crippen molar-refractivity contribution in [1.82, 2.24) is 25.1 Å². The summed E-state index contributed by atoms with van der Waals surface area (Å²) in [5.41, 5.74) is 7.67. The molecular weight excluding hydrogens is 354 g/mol. The number of H-pyrrole nitrogens is 1. The Morgan fingerprint density at radius 2 is 1.96 bits per heavy atom. The Balaban J connectivity index is 1.57. The summed E-state index contributed by atoms with van der Waals surface area (Å²) in [6.07, 6.45) is 6.67. The number of aromatic nitrogens is 4. The maximum absolute atomic E-state index is 13.3. The third-order valence-electron chi connectivity index (χ3n) is 5.85. The van der Waals surface area contributed by atoms with Gasteiger partial charge in [0.15, 0.2) is 5.82 Å². The Morgan fingerprint density at radius 1 is 1.18 bits per heavy atom. The van der Waals surface area contributed by atoms with Crippen molar-refractivity contribution in [3.63, 3.8) is 0 Å². The number of hydrogen-bond acceptors (Lipinski definition) is 6. The number of nitrogens with zero attached hydrogens (tertiary/aromatic N) is 4. The van der Waals surface area contributed by atoms with E-state index in [1.807, 2.05) is 30.9 Å². The summed E-state index contributed by atoms with van der Waals surface area (Å²) in [5, 5.41) is 10.3. The van der Waals surface area contributed by atoms with Gasteiger partial charge >= 0.3 is 0 Å². The molecule has 3 heterocycles. The molecule has 0 unspecified atom stereocenters. The fraction of sp³-hybridized carbons (Fsp3) is 0.600. The SMILES string of the molecule is Cc1nc(Nc2cc(C)[nH]n2)cc([C@@H]2CCCN2C(=O)C2(N)CCCCC2)n1. The summed E-state index contributed by atoms with van der Waals surface area (Å²) in [4.78, 5) is 24.4. The summed E-state index contributed by atoms with van der Waals surface area (Å²) in [6, 6.07) is 3.80. The number of nitrogens with two attached hydrogens (primary N) is 1. The van der Waals surface area contributed by atoms with Crippen molar-refractivity contribution in [2.45, 2.75) is 70.4 Å². The Bertz CT molecular complexity index is 856. The van der Waals surface area contributed by atoms with Gasteiger partial charge in [0.05, 0.1) is 17.3 Å². The summed E-state index contributed by atoms with van der Waals surface area (Å²) < 4.78 is 0. The van der Waals surface area contributed by atoms with Crippen molar-refractivity contribution in [2.75, 3.05) is 11.9 Å². The van der Waals surface area contributed by atoms with Gasteiger partial charge in [-0.1, -0.05) is 19.3 Å². The van der Waals surface area contributed by atoms with Gasteiger partial charge in [-0.2, -0.15) is 5.10 Å². The van der Waals surface area contributed by atoms with Crippen LogP contribution in [0.3, 0.4) is 0 Å². The molecule has 1 aliphatic carbocycles. The highest BCUT2D eigenvalue weighted by Gasteiger charge is 2.42. The first-order chi connectivity index (χ1) is 13.4. The fourth-order valence-electron chi connectivity index (χ4n) is 4.44. The van der Waals surface area contributed by atoms with Gasteiger partial charge in [-0.25, -0.2) is 9.97 Å². The van der Waals surface area contributed by atoms with Crippen LogP contribution >= 0.6 is 0 Å². The number of rotatable bonds is 4. The Hall–Kier alpha value is -2.48. The number of amides is 1. The van der Waals surface area contributed by atoms with Crippen LogP contribution in [0.1, 0.15) is 68.2 Å². The molecule has 2 aliphatic rings. The first-order valence-electron chi connectivity index (χ1n) is 10.2. The molecule has 8 nitrogen and oxygen atoms in total. The van der Waals surface area contributed by atoms with Gasteiger partial charge in [0, 0.05) is 24.4 Å². The molecule has 0 aromatic carbocycles. The van der Waals surface area contributed by atoms with Crippen LogP contribution in [0.25, 0.3) is 0 Å². The second-order valence-corrected chi connectivity index (χ2v) is 8.16. The van der Waals surface area contributed by atoms with Crippen molar-refractivity contribution < 1.29 is 4.79 Å². The average Bonchev–Trinajstić information content (AvgIpc) is 3.30. The lowest BCUT2D eigenvalue weighted by atomic mass is 9.81. The molecule has 4 N–H and O–H groups in total. The van der Waals surface area contributed by atoms with E-state index in [1.54, 1.807) is 0 Å². The van der Waals surface area contributed by atoms with Gasteiger partial charge in [-0.3, -0.25) is 9.89 Å². The monoisotopic (exact) mass is 383 g/mol. The van der Waals surface area contributed by atoms with Crippen LogP contribution in [0.2, 0.25) is 0 Å². The van der Waals surface area contributed by atoms with Crippen LogP contribution in [-0.4, -0.2) is 43.1 Å². The third-order valence-corrected chi connectivity index (χ3v) is 5.85. The Morgan fingerprint density at radius 3 is 2.68 bits per heavy atom. The number of nitrogens with one attached hydrogen (secondary N) is 2. The van der Waals surface area contributed by atoms with E-state index < -0.39 is 5.54 Å². The van der Waals surface area contributed by atoms with Crippen LogP contribution < -0.4 is 11.1 Å². The van der Waals surface area contributed by atoms with Gasteiger partial charge < -0.3 is 16.0 Å². The summed E-state index contributed by atoms with van der Waals surface area (Å²) in [5.74, 6) is 2.16. The van der Waals surface area contributed by atoms with Crippen molar-refractivity contribution in [2.24, 2.45) is 5.73 Å². The Kier molecular flexibility index (Phi) is 5.05. The highest BCUT2D eigenvalue weighted by atomic mass is 16.2. The highest BCUT2D eigenvalue weighted by molar-refractivity contribution is 5.87. The Labute approximate surface area is 165 Å². The quantitative estimate of drug-likeness (QED) is 0.748. The molecule has 0 radical (unpaired) electrons. The second-order valence-electron chi connectivity index (χ2n) is 8.16. The maximum Gasteiger partial charge on any atom is 0.243 e. The molecule has 28 heavy (non-hydrogen) atoms. The van der Waals surface area contributed by atoms with E-state index in [-0.39, 0.29) is 11.9 Å². The second kappa shape index (κ2) is 7.50. The van der Waals surface area contributed by atoms with Gasteiger partial charge in [-0.15, -0.1) is 0 Å². The molecule has 1 saturated heterocycles. The summed E-state index contributed by atoms with van der Waals surface area (Å²) in [7, 11) is 0. The van der Waals surface area contributed by atoms with Gasteiger partial charge in [0.25, 0.3) is 0 Å². The van der Waals surface area contributed by atoms with Crippen LogP contribution in [0, 0.1) is 13.8 Å². The number of anilines is 2. The minimum absolute atomic E-state index is 0.0435. The largest absolute Gasteiger partial charge is 0.332 e. The summed E-state index contributed by atoms with van der Waals surface area (Å²) >= 11 is 0. The van der Waals surface area contributed by atoms with E-state index in [4.69, 9.17) is 5.73 Å². The molecule has 0 bridgehead atoms. The minimum Gasteiger partial charge on any atom is -0.332 e. The highest BCUT2D eigenvalue weighted by Crippen LogP contribution is 2.36. The molecule has 1 aliphatic heterocycles. The lowest BCUT2D eigenvalue weighted by Crippen LogP contribution is -2.56. The number of aromatic amines is 1. The third kappa shape index (κ3) is 3.73. The van der Waals surface area contributed by atoms with Gasteiger partial charge in [-0.05, 0) is 39.5 Å². The standard InChI is InChI=1S/C20H29N7O/c1-13-11-18(26-25-13)24-17-12-15(22-14(2)23-17)16-7-6-10-27(16)19(28)20(21)8-4-3-5-9-20/h11-12,16H,3-10,21H2,1-2H3,(H2,22,23,24,25,26)/t16-/m0/s1. The molecule has 150 valence electrons. The molecule has 2 aromatic rings. The average molecular weight is 384 g/mol. The van der Waals surface area contributed by atoms with E-state index in [0.29, 0.717) is 17.5 Å². The molecule has 1 saturated carbocycles. The predicted molar refractivity (Wildman–Crippen MR) is 107 cm³/mol. The van der Waals surface area contributed by atoms with Crippen molar-refractivity contribution in [1.29, 1.82) is 0 Å². The van der Waals surface area contributed by atoms with E-state index in [1.165, 1.54) is 6.42 Å². The van der Waals surface area contributed by atoms with Gasteiger partial charge in [0.2, 0.25) is 5.91 Å². The smallest absolute Gasteiger partial charge is 0.243 e. The molecule has 4 rings (SSSR count). The zero-order chi connectivity index (χ0) is 19.7. The van der Waals surface area contributed by atoms with Crippen LogP contribution in [0.15, 0.2) is 12.1 Å². The molecule has 1 amide bonds. The van der Waals surface area contributed by atoms with Crippen LogP contribution in [0.4, 0.5) is 11.6 Å². The summed E-state index contributed by atoms with van der Waals surface area (Å²) in [6.45, 7) is 4.56.